The van der Waals surface area contributed by atoms with Crippen molar-refractivity contribution in [3.8, 4) is 17.2 Å². The first-order valence-electron chi connectivity index (χ1n) is 9.12. The molecule has 0 radical (unpaired) electrons. The first-order valence-corrected chi connectivity index (χ1v) is 9.12. The molecule has 1 fully saturated rings. The van der Waals surface area contributed by atoms with Crippen LogP contribution in [0, 0.1) is 0 Å². The second-order valence-corrected chi connectivity index (χ2v) is 6.78. The van der Waals surface area contributed by atoms with Gasteiger partial charge in [0.25, 0.3) is 0 Å². The maximum atomic E-state index is 12.2. The number of phenolic OH excluding ortho intramolecular Hbond substituents is 2. The van der Waals surface area contributed by atoms with E-state index in [0.717, 1.165) is 6.07 Å². The fraction of sp³-hybridized carbons (Fsp3) is 0.286. The smallest absolute Gasteiger partial charge is 0.229 e. The molecule has 2 aromatic carbocycles. The molecule has 1 heterocycles. The van der Waals surface area contributed by atoms with Crippen molar-refractivity contribution >= 4 is 11.9 Å². The molecule has 1 saturated heterocycles. The Morgan fingerprint density at radius 1 is 1.00 bits per heavy atom. The van der Waals surface area contributed by atoms with Crippen molar-refractivity contribution in [3.63, 3.8) is 0 Å². The van der Waals surface area contributed by atoms with Crippen LogP contribution in [0.2, 0.25) is 0 Å². The lowest BCUT2D eigenvalue weighted by Crippen LogP contribution is -2.60. The molecule has 0 aliphatic carbocycles. The number of ketones is 1. The minimum absolute atomic E-state index is 0.0478. The molecule has 0 amide bonds. The summed E-state index contributed by atoms with van der Waals surface area (Å²) in [5, 5.41) is 57.8. The van der Waals surface area contributed by atoms with E-state index in [1.165, 1.54) is 24.3 Å². The summed E-state index contributed by atoms with van der Waals surface area (Å²) in [6.45, 7) is -0.556. The number of hydrogen-bond donors (Lipinski definition) is 6. The minimum Gasteiger partial charge on any atom is -0.508 e. The van der Waals surface area contributed by atoms with Gasteiger partial charge < -0.3 is 40.1 Å². The molecule has 0 aromatic heterocycles. The first kappa shape index (κ1) is 21.8. The molecule has 9 nitrogen and oxygen atoms in total. The minimum atomic E-state index is -1.54. The van der Waals surface area contributed by atoms with E-state index in [0.29, 0.717) is 11.3 Å². The van der Waals surface area contributed by atoms with Crippen molar-refractivity contribution in [2.75, 3.05) is 6.61 Å². The van der Waals surface area contributed by atoms with Crippen LogP contribution in [-0.4, -0.2) is 73.7 Å². The number of aromatic hydroxyl groups is 2. The molecule has 160 valence electrons. The fourth-order valence-corrected chi connectivity index (χ4v) is 2.95. The SMILES string of the molecule is O=C(/C=C/c1ccc(O[C@@H]2O[C@@H](CO)[C@H](O)[C@H](O)[C@@H]2O)cc1)c1ccc(O)cc1O. The Labute approximate surface area is 171 Å². The van der Waals surface area contributed by atoms with E-state index in [4.69, 9.17) is 9.47 Å². The zero-order valence-corrected chi connectivity index (χ0v) is 15.7. The van der Waals surface area contributed by atoms with Crippen LogP contribution in [0.1, 0.15) is 15.9 Å². The van der Waals surface area contributed by atoms with Crippen LogP contribution in [-0.2, 0) is 4.74 Å². The maximum Gasteiger partial charge on any atom is 0.229 e. The number of ether oxygens (including phenoxy) is 2. The van der Waals surface area contributed by atoms with Gasteiger partial charge in [0.05, 0.1) is 12.2 Å². The second kappa shape index (κ2) is 9.24. The molecular formula is C21H22O9. The summed E-state index contributed by atoms with van der Waals surface area (Å²) >= 11 is 0. The topological polar surface area (TPSA) is 157 Å². The van der Waals surface area contributed by atoms with Gasteiger partial charge in [0.2, 0.25) is 6.29 Å². The lowest BCUT2D eigenvalue weighted by atomic mass is 9.99. The van der Waals surface area contributed by atoms with E-state index in [-0.39, 0.29) is 17.1 Å². The van der Waals surface area contributed by atoms with Gasteiger partial charge in [-0.3, -0.25) is 4.79 Å². The monoisotopic (exact) mass is 418 g/mol. The van der Waals surface area contributed by atoms with E-state index in [1.807, 2.05) is 0 Å². The van der Waals surface area contributed by atoms with Crippen LogP contribution in [0.3, 0.4) is 0 Å². The van der Waals surface area contributed by atoms with E-state index < -0.39 is 43.1 Å². The maximum absolute atomic E-state index is 12.2. The molecule has 6 N–H and O–H groups in total. The number of rotatable bonds is 6. The van der Waals surface area contributed by atoms with Gasteiger partial charge in [0.1, 0.15) is 41.7 Å². The van der Waals surface area contributed by atoms with E-state index >= 15 is 0 Å². The van der Waals surface area contributed by atoms with Gasteiger partial charge in [-0.15, -0.1) is 0 Å². The van der Waals surface area contributed by atoms with Gasteiger partial charge in [-0.25, -0.2) is 0 Å². The average molecular weight is 418 g/mol. The van der Waals surface area contributed by atoms with Crippen LogP contribution in [0.4, 0.5) is 0 Å². The lowest BCUT2D eigenvalue weighted by Gasteiger charge is -2.39. The molecule has 0 spiro atoms. The molecule has 9 heteroatoms. The summed E-state index contributed by atoms with van der Waals surface area (Å²) in [7, 11) is 0. The summed E-state index contributed by atoms with van der Waals surface area (Å²) in [5.74, 6) is -0.635. The summed E-state index contributed by atoms with van der Waals surface area (Å²) in [5.41, 5.74) is 0.689. The van der Waals surface area contributed by atoms with Crippen LogP contribution in [0.15, 0.2) is 48.5 Å². The molecule has 5 atom stereocenters. The number of aliphatic hydroxyl groups is 4. The van der Waals surface area contributed by atoms with Gasteiger partial charge in [0.15, 0.2) is 5.78 Å². The zero-order chi connectivity index (χ0) is 21.8. The quantitative estimate of drug-likeness (QED) is 0.284. The predicted octanol–water partition coefficient (Wildman–Crippen LogP) is 0.173. The highest BCUT2D eigenvalue weighted by Crippen LogP contribution is 2.25. The van der Waals surface area contributed by atoms with Crippen molar-refractivity contribution in [1.82, 2.24) is 0 Å². The highest BCUT2D eigenvalue weighted by atomic mass is 16.7. The Morgan fingerprint density at radius 3 is 2.33 bits per heavy atom. The number of carbonyl (C=O) groups is 1. The van der Waals surface area contributed by atoms with Gasteiger partial charge >= 0.3 is 0 Å². The average Bonchev–Trinajstić information content (AvgIpc) is 2.73. The van der Waals surface area contributed by atoms with Crippen LogP contribution >= 0.6 is 0 Å². The first-order chi connectivity index (χ1) is 14.3. The van der Waals surface area contributed by atoms with Crippen molar-refractivity contribution in [2.45, 2.75) is 30.7 Å². The van der Waals surface area contributed by atoms with Crippen molar-refractivity contribution < 1.29 is 44.9 Å². The van der Waals surface area contributed by atoms with Crippen molar-refractivity contribution in [3.05, 3.63) is 59.7 Å². The van der Waals surface area contributed by atoms with E-state index in [9.17, 15) is 35.4 Å². The lowest BCUT2D eigenvalue weighted by molar-refractivity contribution is -0.277. The van der Waals surface area contributed by atoms with Crippen molar-refractivity contribution in [2.24, 2.45) is 0 Å². The number of aliphatic hydroxyl groups excluding tert-OH is 4. The highest BCUT2D eigenvalue weighted by molar-refractivity contribution is 6.08. The largest absolute Gasteiger partial charge is 0.508 e. The van der Waals surface area contributed by atoms with E-state index in [2.05, 4.69) is 0 Å². The summed E-state index contributed by atoms with van der Waals surface area (Å²) < 4.78 is 10.8. The fourth-order valence-electron chi connectivity index (χ4n) is 2.95. The third-order valence-corrected chi connectivity index (χ3v) is 4.65. The molecule has 0 saturated carbocycles. The normalized spacial score (nSPS) is 26.6. The molecular weight excluding hydrogens is 396 g/mol. The molecule has 3 rings (SSSR count). The number of carbonyl (C=O) groups excluding carboxylic acids is 1. The Hall–Kier alpha value is -2.95. The molecule has 0 bridgehead atoms. The Kier molecular flexibility index (Phi) is 6.70. The molecule has 1 aliphatic heterocycles. The predicted molar refractivity (Wildman–Crippen MR) is 104 cm³/mol. The summed E-state index contributed by atoms with van der Waals surface area (Å²) in [6.07, 6.45) is -4.10. The van der Waals surface area contributed by atoms with Crippen molar-refractivity contribution in [1.29, 1.82) is 0 Å². The number of hydrogen-bond acceptors (Lipinski definition) is 9. The molecule has 30 heavy (non-hydrogen) atoms. The third kappa shape index (κ3) is 4.78. The number of benzene rings is 2. The van der Waals surface area contributed by atoms with Crippen LogP contribution < -0.4 is 4.74 Å². The van der Waals surface area contributed by atoms with Gasteiger partial charge in [-0.05, 0) is 35.9 Å². The van der Waals surface area contributed by atoms with Gasteiger partial charge in [-0.1, -0.05) is 18.2 Å². The molecule has 0 unspecified atom stereocenters. The highest BCUT2D eigenvalue weighted by Gasteiger charge is 2.44. The van der Waals surface area contributed by atoms with Crippen LogP contribution in [0.25, 0.3) is 6.08 Å². The molecule has 1 aliphatic rings. The van der Waals surface area contributed by atoms with Gasteiger partial charge in [-0.2, -0.15) is 0 Å². The van der Waals surface area contributed by atoms with E-state index in [1.54, 1.807) is 24.3 Å². The Morgan fingerprint density at radius 2 is 1.70 bits per heavy atom. The Balaban J connectivity index is 1.65. The second-order valence-electron chi connectivity index (χ2n) is 6.78. The third-order valence-electron chi connectivity index (χ3n) is 4.65. The Bertz CT molecular complexity index is 907. The number of allylic oxidation sites excluding steroid dienone is 1. The summed E-state index contributed by atoms with van der Waals surface area (Å²) in [6, 6.07) is 10.0. The molecule has 2 aromatic rings. The van der Waals surface area contributed by atoms with Gasteiger partial charge in [0, 0.05) is 6.07 Å². The van der Waals surface area contributed by atoms with Crippen LogP contribution in [0.5, 0.6) is 17.2 Å². The standard InChI is InChI=1S/C21H22O9/c22-10-17-18(26)19(27)20(28)21(30-17)29-13-5-1-11(2-6-13)3-8-15(24)14-7-4-12(23)9-16(14)25/h1-9,17-23,25-28H,10H2/b8-3+/t17-,18-,19-,20-,21+/m0/s1. The zero-order valence-electron chi connectivity index (χ0n) is 15.7. The summed E-state index contributed by atoms with van der Waals surface area (Å²) in [4.78, 5) is 12.2. The number of phenols is 2.